The second-order valence-corrected chi connectivity index (χ2v) is 5.55. The summed E-state index contributed by atoms with van der Waals surface area (Å²) < 4.78 is 13.8. The number of aromatic amines is 1. The molecule has 0 bridgehead atoms. The Bertz CT molecular complexity index is 872. The number of nitrogens with one attached hydrogen (secondary N) is 1. The third-order valence-electron chi connectivity index (χ3n) is 3.11. The maximum Gasteiger partial charge on any atom is 0.215 e. The maximum atomic E-state index is 5.42. The Labute approximate surface area is 134 Å². The normalized spacial score (nSPS) is 10.8. The lowest BCUT2D eigenvalue weighted by atomic mass is 10.3. The first-order valence-electron chi connectivity index (χ1n) is 6.13. The molecule has 3 rings (SSSR count). The van der Waals surface area contributed by atoms with Crippen LogP contribution in [-0.4, -0.2) is 28.8 Å². The highest BCUT2D eigenvalue weighted by atomic mass is 79.9. The number of hydrogen-bond acceptors (Lipinski definition) is 4. The predicted molar refractivity (Wildman–Crippen MR) is 87.1 cm³/mol. The number of hydrogen-bond donors (Lipinski definition) is 1. The summed E-state index contributed by atoms with van der Waals surface area (Å²) >= 11 is 8.96. The van der Waals surface area contributed by atoms with Gasteiger partial charge in [0.05, 0.1) is 25.4 Å². The Kier molecular flexibility index (Phi) is 3.69. The fraction of sp³-hybridized carbons (Fsp3) is 0.143. The van der Waals surface area contributed by atoms with Crippen molar-refractivity contribution < 1.29 is 9.47 Å². The minimum Gasteiger partial charge on any atom is -0.497 e. The van der Waals surface area contributed by atoms with Crippen LogP contribution < -0.4 is 9.47 Å². The molecule has 0 atom stereocenters. The topological polar surface area (TPSA) is 52.1 Å². The average molecular weight is 366 g/mol. The molecule has 0 unspecified atom stereocenters. The highest BCUT2D eigenvalue weighted by molar-refractivity contribution is 9.10. The van der Waals surface area contributed by atoms with Gasteiger partial charge in [0, 0.05) is 16.6 Å². The van der Waals surface area contributed by atoms with Gasteiger partial charge in [-0.1, -0.05) is 0 Å². The van der Waals surface area contributed by atoms with Gasteiger partial charge in [0.25, 0.3) is 0 Å². The van der Waals surface area contributed by atoms with Gasteiger partial charge in [-0.15, -0.1) is 0 Å². The van der Waals surface area contributed by atoms with Crippen LogP contribution in [-0.2, 0) is 0 Å². The average Bonchev–Trinajstić information content (AvgIpc) is 2.82. The Morgan fingerprint density at radius 1 is 1.19 bits per heavy atom. The molecule has 0 aliphatic heterocycles. The Balaban J connectivity index is 2.33. The van der Waals surface area contributed by atoms with Crippen molar-refractivity contribution >= 4 is 39.3 Å². The molecular formula is C14H12BrN3O2S. The third-order valence-corrected chi connectivity index (χ3v) is 4.06. The molecular weight excluding hydrogens is 354 g/mol. The number of H-pyrrole nitrogens is 1. The standard InChI is InChI=1S/C14H12BrN3O2S/c1-19-8-3-4-9(15)11(7-8)18-13-10(16-14(18)21)5-6-12(17-13)20-2/h3-7H,1-2H3,(H,16,21). The number of benzene rings is 1. The van der Waals surface area contributed by atoms with Crippen molar-refractivity contribution in [2.24, 2.45) is 0 Å². The molecule has 2 heterocycles. The largest absolute Gasteiger partial charge is 0.497 e. The summed E-state index contributed by atoms with van der Waals surface area (Å²) in [6.07, 6.45) is 0. The molecule has 0 aliphatic rings. The second kappa shape index (κ2) is 5.50. The Morgan fingerprint density at radius 3 is 2.71 bits per heavy atom. The van der Waals surface area contributed by atoms with E-state index in [1.807, 2.05) is 28.8 Å². The molecule has 0 amide bonds. The van der Waals surface area contributed by atoms with E-state index >= 15 is 0 Å². The Morgan fingerprint density at radius 2 is 2.00 bits per heavy atom. The fourth-order valence-corrected chi connectivity index (χ4v) is 2.81. The molecule has 0 saturated carbocycles. The van der Waals surface area contributed by atoms with Gasteiger partial charge < -0.3 is 14.5 Å². The van der Waals surface area contributed by atoms with E-state index in [2.05, 4.69) is 25.9 Å². The number of halogens is 1. The minimum atomic E-state index is 0.532. The summed E-state index contributed by atoms with van der Waals surface area (Å²) in [5, 5.41) is 0. The summed E-state index contributed by atoms with van der Waals surface area (Å²) in [6.45, 7) is 0. The van der Waals surface area contributed by atoms with E-state index in [0.717, 1.165) is 21.4 Å². The molecule has 0 saturated heterocycles. The van der Waals surface area contributed by atoms with Crippen molar-refractivity contribution in [3.63, 3.8) is 0 Å². The lowest BCUT2D eigenvalue weighted by molar-refractivity contribution is 0.399. The summed E-state index contributed by atoms with van der Waals surface area (Å²) in [6, 6.07) is 9.36. The monoisotopic (exact) mass is 365 g/mol. The van der Waals surface area contributed by atoms with Crippen LogP contribution in [0, 0.1) is 4.77 Å². The van der Waals surface area contributed by atoms with Gasteiger partial charge in [0.1, 0.15) is 5.75 Å². The zero-order valence-corrected chi connectivity index (χ0v) is 13.8. The van der Waals surface area contributed by atoms with Crippen LogP contribution in [0.4, 0.5) is 0 Å². The van der Waals surface area contributed by atoms with Gasteiger partial charge in [0.15, 0.2) is 10.4 Å². The predicted octanol–water partition coefficient (Wildman–Crippen LogP) is 3.86. The molecule has 5 nitrogen and oxygen atoms in total. The third kappa shape index (κ3) is 2.43. The van der Waals surface area contributed by atoms with E-state index in [1.54, 1.807) is 20.3 Å². The van der Waals surface area contributed by atoms with Gasteiger partial charge in [-0.05, 0) is 46.3 Å². The second-order valence-electron chi connectivity index (χ2n) is 4.31. The molecule has 0 spiro atoms. The number of methoxy groups -OCH3 is 2. The van der Waals surface area contributed by atoms with Crippen LogP contribution in [0.2, 0.25) is 0 Å². The van der Waals surface area contributed by atoms with Crippen LogP contribution >= 0.6 is 28.1 Å². The number of ether oxygens (including phenoxy) is 2. The lowest BCUT2D eigenvalue weighted by Gasteiger charge is -2.09. The van der Waals surface area contributed by atoms with Crippen LogP contribution in [0.3, 0.4) is 0 Å². The molecule has 1 N–H and O–H groups in total. The molecule has 2 aromatic heterocycles. The summed E-state index contributed by atoms with van der Waals surface area (Å²) in [4.78, 5) is 7.61. The van der Waals surface area contributed by atoms with Gasteiger partial charge >= 0.3 is 0 Å². The van der Waals surface area contributed by atoms with Crippen molar-refractivity contribution in [1.82, 2.24) is 14.5 Å². The maximum absolute atomic E-state index is 5.42. The zero-order valence-electron chi connectivity index (χ0n) is 11.4. The van der Waals surface area contributed by atoms with Crippen molar-refractivity contribution in [1.29, 1.82) is 0 Å². The number of fused-ring (bicyclic) bond motifs is 1. The SMILES string of the molecule is COc1ccc(Br)c(-n2c(=S)[nH]c3ccc(OC)nc32)c1. The minimum absolute atomic E-state index is 0.532. The zero-order chi connectivity index (χ0) is 15.0. The van der Waals surface area contributed by atoms with Crippen molar-refractivity contribution in [3.8, 4) is 17.3 Å². The number of rotatable bonds is 3. The molecule has 3 aromatic rings. The van der Waals surface area contributed by atoms with Crippen molar-refractivity contribution in [2.45, 2.75) is 0 Å². The van der Waals surface area contributed by atoms with Gasteiger partial charge in [-0.25, -0.2) is 0 Å². The lowest BCUT2D eigenvalue weighted by Crippen LogP contribution is -1.98. The highest BCUT2D eigenvalue weighted by Gasteiger charge is 2.12. The molecule has 21 heavy (non-hydrogen) atoms. The number of aromatic nitrogens is 3. The highest BCUT2D eigenvalue weighted by Crippen LogP contribution is 2.29. The first-order valence-corrected chi connectivity index (χ1v) is 7.34. The van der Waals surface area contributed by atoms with Crippen LogP contribution in [0.25, 0.3) is 16.9 Å². The van der Waals surface area contributed by atoms with E-state index in [1.165, 1.54) is 0 Å². The first-order chi connectivity index (χ1) is 10.1. The summed E-state index contributed by atoms with van der Waals surface area (Å²) in [5.74, 6) is 1.27. The quantitative estimate of drug-likeness (QED) is 0.716. The van der Waals surface area contributed by atoms with Crippen molar-refractivity contribution in [3.05, 3.63) is 39.6 Å². The first kappa shape index (κ1) is 14.1. The van der Waals surface area contributed by atoms with E-state index < -0.39 is 0 Å². The summed E-state index contributed by atoms with van der Waals surface area (Å²) in [7, 11) is 3.21. The smallest absolute Gasteiger partial charge is 0.215 e. The number of nitrogens with zero attached hydrogens (tertiary/aromatic N) is 2. The molecule has 0 aliphatic carbocycles. The van der Waals surface area contributed by atoms with Crippen LogP contribution in [0.1, 0.15) is 0 Å². The van der Waals surface area contributed by atoms with Gasteiger partial charge in [0.2, 0.25) is 5.88 Å². The van der Waals surface area contributed by atoms with E-state index in [9.17, 15) is 0 Å². The molecule has 0 fully saturated rings. The molecule has 0 radical (unpaired) electrons. The fourth-order valence-electron chi connectivity index (χ4n) is 2.09. The Hall–Kier alpha value is -1.86. The van der Waals surface area contributed by atoms with E-state index in [-0.39, 0.29) is 0 Å². The molecule has 1 aromatic carbocycles. The number of imidazole rings is 1. The summed E-state index contributed by atoms with van der Waals surface area (Å²) in [5.41, 5.74) is 2.40. The molecule has 108 valence electrons. The van der Waals surface area contributed by atoms with Crippen LogP contribution in [0.15, 0.2) is 34.8 Å². The van der Waals surface area contributed by atoms with E-state index in [4.69, 9.17) is 21.7 Å². The molecule has 7 heteroatoms. The van der Waals surface area contributed by atoms with E-state index in [0.29, 0.717) is 16.3 Å². The van der Waals surface area contributed by atoms with Gasteiger partial charge in [-0.2, -0.15) is 4.98 Å². The number of pyridine rings is 1. The van der Waals surface area contributed by atoms with Crippen molar-refractivity contribution in [2.75, 3.05) is 14.2 Å². The van der Waals surface area contributed by atoms with Gasteiger partial charge in [-0.3, -0.25) is 4.57 Å². The van der Waals surface area contributed by atoms with Crippen LogP contribution in [0.5, 0.6) is 11.6 Å².